The standard InChI is InChI=1S/C23H27N3OS2.H2/c1-14-9-15(10-14)3-2-4-16(27)11-20-22(17-5-7-25-13-21(17)28-20)23-26-18-12-24-8-6-19(18)29-23;/h6,8,12,14-15,25H,2-5,7,9-11,13H2,1H3;1H. The van der Waals surface area contributed by atoms with E-state index in [1.807, 2.05) is 29.8 Å². The van der Waals surface area contributed by atoms with Gasteiger partial charge in [-0.2, -0.15) is 0 Å². The van der Waals surface area contributed by atoms with Gasteiger partial charge < -0.3 is 5.32 Å². The first-order chi connectivity index (χ1) is 14.2. The Kier molecular flexibility index (Phi) is 5.50. The number of thiophene rings is 1. The van der Waals surface area contributed by atoms with Gasteiger partial charge in [-0.1, -0.05) is 13.3 Å². The van der Waals surface area contributed by atoms with Crippen LogP contribution in [0.1, 0.15) is 55.8 Å². The fraction of sp³-hybridized carbons (Fsp3) is 0.522. The second-order valence-electron chi connectivity index (χ2n) is 8.64. The molecular formula is C23H29N3OS2. The number of thiazole rings is 1. The van der Waals surface area contributed by atoms with Crippen molar-refractivity contribution in [3.63, 3.8) is 0 Å². The molecule has 0 spiro atoms. The van der Waals surface area contributed by atoms with E-state index in [1.165, 1.54) is 40.1 Å². The topological polar surface area (TPSA) is 54.9 Å². The number of hydrogen-bond acceptors (Lipinski definition) is 6. The minimum absolute atomic E-state index is 0. The zero-order valence-electron chi connectivity index (χ0n) is 16.9. The highest BCUT2D eigenvalue weighted by Crippen LogP contribution is 2.42. The van der Waals surface area contributed by atoms with E-state index < -0.39 is 0 Å². The van der Waals surface area contributed by atoms with Crippen LogP contribution < -0.4 is 5.32 Å². The second-order valence-corrected chi connectivity index (χ2v) is 10.9. The molecule has 6 heteroatoms. The summed E-state index contributed by atoms with van der Waals surface area (Å²) >= 11 is 3.54. The molecule has 5 rings (SSSR count). The molecule has 0 saturated heterocycles. The van der Waals surface area contributed by atoms with E-state index in [1.54, 1.807) is 11.3 Å². The van der Waals surface area contributed by atoms with Crippen LogP contribution in [0.4, 0.5) is 0 Å². The summed E-state index contributed by atoms with van der Waals surface area (Å²) in [5.41, 5.74) is 3.61. The van der Waals surface area contributed by atoms with Crippen molar-refractivity contribution >= 4 is 38.7 Å². The molecule has 2 aliphatic rings. The number of rotatable bonds is 7. The number of carbonyl (C=O) groups excluding carboxylic acids is 1. The van der Waals surface area contributed by atoms with Crippen LogP contribution in [0.2, 0.25) is 0 Å². The molecular weight excluding hydrogens is 398 g/mol. The molecule has 0 radical (unpaired) electrons. The molecule has 1 aliphatic heterocycles. The van der Waals surface area contributed by atoms with E-state index in [0.29, 0.717) is 12.2 Å². The predicted octanol–water partition coefficient (Wildman–Crippen LogP) is 5.64. The quantitative estimate of drug-likeness (QED) is 0.530. The van der Waals surface area contributed by atoms with Crippen LogP contribution in [0, 0.1) is 11.8 Å². The summed E-state index contributed by atoms with van der Waals surface area (Å²) in [6, 6.07) is 2.03. The maximum Gasteiger partial charge on any atom is 0.138 e. The molecule has 0 aromatic carbocycles. The highest BCUT2D eigenvalue weighted by molar-refractivity contribution is 7.22. The molecule has 3 aromatic heterocycles. The van der Waals surface area contributed by atoms with Gasteiger partial charge in [-0.25, -0.2) is 4.98 Å². The molecule has 29 heavy (non-hydrogen) atoms. The van der Waals surface area contributed by atoms with Crippen molar-refractivity contribution in [2.75, 3.05) is 6.54 Å². The first-order valence-electron chi connectivity index (χ1n) is 10.7. The maximum absolute atomic E-state index is 12.8. The van der Waals surface area contributed by atoms with Crippen LogP contribution in [-0.2, 0) is 24.2 Å². The average molecular weight is 428 g/mol. The first-order valence-corrected chi connectivity index (χ1v) is 12.4. The summed E-state index contributed by atoms with van der Waals surface area (Å²) in [6.45, 7) is 4.23. The van der Waals surface area contributed by atoms with Gasteiger partial charge in [-0.15, -0.1) is 22.7 Å². The summed E-state index contributed by atoms with van der Waals surface area (Å²) < 4.78 is 1.16. The third kappa shape index (κ3) is 4.03. The van der Waals surface area contributed by atoms with Crippen LogP contribution in [0.3, 0.4) is 0 Å². The molecule has 1 saturated carbocycles. The van der Waals surface area contributed by atoms with Crippen LogP contribution in [0.5, 0.6) is 0 Å². The van der Waals surface area contributed by atoms with E-state index in [2.05, 4.69) is 17.2 Å². The molecule has 4 heterocycles. The third-order valence-electron chi connectivity index (χ3n) is 6.30. The number of Topliss-reactive ketones (excluding diaryl/α,β-unsaturated/α-hetero) is 1. The summed E-state index contributed by atoms with van der Waals surface area (Å²) in [4.78, 5) is 24.5. The van der Waals surface area contributed by atoms with Crippen LogP contribution in [0.15, 0.2) is 18.5 Å². The number of carbonyl (C=O) groups is 1. The van der Waals surface area contributed by atoms with Gasteiger partial charge in [-0.05, 0) is 55.7 Å². The molecule has 3 aromatic rings. The number of nitrogens with one attached hydrogen (secondary N) is 1. The van der Waals surface area contributed by atoms with Gasteiger partial charge >= 0.3 is 0 Å². The summed E-state index contributed by atoms with van der Waals surface area (Å²) in [6.07, 6.45) is 10.9. The lowest BCUT2D eigenvalue weighted by Crippen LogP contribution is -2.22. The first kappa shape index (κ1) is 19.3. The zero-order valence-corrected chi connectivity index (χ0v) is 18.5. The van der Waals surface area contributed by atoms with Gasteiger partial charge in [0.15, 0.2) is 0 Å². The Morgan fingerprint density at radius 3 is 3.07 bits per heavy atom. The second kappa shape index (κ2) is 8.25. The number of nitrogens with zero attached hydrogens (tertiary/aromatic N) is 2. The van der Waals surface area contributed by atoms with Crippen molar-refractivity contribution in [2.45, 2.75) is 58.4 Å². The highest BCUT2D eigenvalue weighted by atomic mass is 32.1. The Hall–Kier alpha value is -1.63. The lowest BCUT2D eigenvalue weighted by Gasteiger charge is -2.32. The predicted molar refractivity (Wildman–Crippen MR) is 123 cm³/mol. The third-order valence-corrected chi connectivity index (χ3v) is 8.59. The largest absolute Gasteiger partial charge is 0.312 e. The van der Waals surface area contributed by atoms with E-state index >= 15 is 0 Å². The van der Waals surface area contributed by atoms with Crippen molar-refractivity contribution in [1.29, 1.82) is 0 Å². The van der Waals surface area contributed by atoms with Crippen molar-refractivity contribution in [3.8, 4) is 10.6 Å². The summed E-state index contributed by atoms with van der Waals surface area (Å²) in [7, 11) is 0. The monoisotopic (exact) mass is 427 g/mol. The number of ketones is 1. The number of aromatic nitrogens is 2. The van der Waals surface area contributed by atoms with Crippen molar-refractivity contribution in [2.24, 2.45) is 11.8 Å². The SMILES string of the molecule is CC1CC(CCCC(=O)Cc2sc3c(c2-c2nc4cnccc4s2)CCNC3)C1.[HH]. The van der Waals surface area contributed by atoms with Crippen LogP contribution in [-0.4, -0.2) is 22.3 Å². The molecule has 1 N–H and O–H groups in total. The summed E-state index contributed by atoms with van der Waals surface area (Å²) in [5.74, 6) is 2.14. The Morgan fingerprint density at radius 1 is 1.34 bits per heavy atom. The minimum atomic E-state index is 0. The lowest BCUT2D eigenvalue weighted by atomic mass is 9.74. The van der Waals surface area contributed by atoms with Gasteiger partial charge in [-0.3, -0.25) is 9.78 Å². The molecule has 154 valence electrons. The van der Waals surface area contributed by atoms with E-state index in [0.717, 1.165) is 59.4 Å². The van der Waals surface area contributed by atoms with Crippen molar-refractivity contribution in [3.05, 3.63) is 33.8 Å². The Bertz CT molecular complexity index is 1010. The van der Waals surface area contributed by atoms with Gasteiger partial charge in [0, 0.05) is 42.3 Å². The Morgan fingerprint density at radius 2 is 2.24 bits per heavy atom. The molecule has 4 nitrogen and oxygen atoms in total. The molecule has 0 bridgehead atoms. The summed E-state index contributed by atoms with van der Waals surface area (Å²) in [5, 5.41) is 4.53. The maximum atomic E-state index is 12.8. The molecule has 0 unspecified atom stereocenters. The molecule has 1 aliphatic carbocycles. The van der Waals surface area contributed by atoms with Crippen molar-refractivity contribution < 1.29 is 6.22 Å². The number of hydrogen-bond donors (Lipinski definition) is 1. The van der Waals surface area contributed by atoms with E-state index in [9.17, 15) is 4.79 Å². The lowest BCUT2D eigenvalue weighted by molar-refractivity contribution is -0.118. The highest BCUT2D eigenvalue weighted by Gasteiger charge is 2.26. The number of pyridine rings is 1. The minimum Gasteiger partial charge on any atom is -0.312 e. The van der Waals surface area contributed by atoms with Crippen molar-refractivity contribution in [1.82, 2.24) is 15.3 Å². The Balaban J connectivity index is 0.00000218. The normalized spacial score (nSPS) is 21.1. The molecule has 1 fully saturated rings. The van der Waals surface area contributed by atoms with Crippen LogP contribution in [0.25, 0.3) is 20.8 Å². The van der Waals surface area contributed by atoms with Gasteiger partial charge in [0.1, 0.15) is 16.3 Å². The fourth-order valence-corrected chi connectivity index (χ4v) is 7.26. The zero-order chi connectivity index (χ0) is 19.8. The van der Waals surface area contributed by atoms with Gasteiger partial charge in [0.2, 0.25) is 0 Å². The van der Waals surface area contributed by atoms with Crippen LogP contribution >= 0.6 is 22.7 Å². The smallest absolute Gasteiger partial charge is 0.138 e. The molecule has 0 atom stereocenters. The van der Waals surface area contributed by atoms with Gasteiger partial charge in [0.25, 0.3) is 0 Å². The average Bonchev–Trinajstić information content (AvgIpc) is 3.26. The number of fused-ring (bicyclic) bond motifs is 2. The van der Waals surface area contributed by atoms with Gasteiger partial charge in [0.05, 0.1) is 10.9 Å². The molecule has 0 amide bonds. The van der Waals surface area contributed by atoms with E-state index in [-0.39, 0.29) is 1.43 Å². The van der Waals surface area contributed by atoms with E-state index in [4.69, 9.17) is 4.98 Å². The Labute approximate surface area is 181 Å². The fourth-order valence-electron chi connectivity index (χ4n) is 4.81.